The maximum Gasteiger partial charge on any atom is 0.257 e. The van der Waals surface area contributed by atoms with Gasteiger partial charge in [0.25, 0.3) is 5.91 Å². The number of rotatable bonds is 6. The summed E-state index contributed by atoms with van der Waals surface area (Å²) in [6.07, 6.45) is 3.48. The first kappa shape index (κ1) is 15.1. The van der Waals surface area contributed by atoms with Crippen molar-refractivity contribution >= 4 is 11.6 Å². The van der Waals surface area contributed by atoms with Crippen LogP contribution in [-0.4, -0.2) is 17.4 Å². The molecule has 1 aromatic heterocycles. The van der Waals surface area contributed by atoms with E-state index >= 15 is 0 Å². The van der Waals surface area contributed by atoms with Crippen molar-refractivity contribution in [3.63, 3.8) is 0 Å². The van der Waals surface area contributed by atoms with Gasteiger partial charge in [0.05, 0.1) is 11.8 Å². The van der Waals surface area contributed by atoms with Gasteiger partial charge in [-0.3, -0.25) is 9.78 Å². The van der Waals surface area contributed by atoms with E-state index in [1.54, 1.807) is 6.07 Å². The van der Waals surface area contributed by atoms with Gasteiger partial charge in [-0.2, -0.15) is 0 Å². The average molecular weight is 287 g/mol. The first-order valence-electron chi connectivity index (χ1n) is 6.90. The molecule has 5 heteroatoms. The van der Waals surface area contributed by atoms with Crippen LogP contribution in [0.3, 0.4) is 0 Å². The molecule has 1 amide bonds. The number of amides is 1. The van der Waals surface area contributed by atoms with Gasteiger partial charge in [-0.1, -0.05) is 19.1 Å². The Morgan fingerprint density at radius 3 is 2.90 bits per heavy atom. The van der Waals surface area contributed by atoms with Gasteiger partial charge in [-0.05, 0) is 36.7 Å². The monoisotopic (exact) mass is 287 g/mol. The van der Waals surface area contributed by atoms with E-state index in [0.29, 0.717) is 5.69 Å². The number of nitrogens with one attached hydrogen (secondary N) is 2. The normalized spacial score (nSPS) is 10.4. The zero-order valence-electron chi connectivity index (χ0n) is 11.9. The molecule has 1 aromatic carbocycles. The Morgan fingerprint density at radius 2 is 2.14 bits per heavy atom. The third-order valence-corrected chi connectivity index (χ3v) is 2.91. The Bertz CT molecular complexity index is 616. The summed E-state index contributed by atoms with van der Waals surface area (Å²) >= 11 is 0. The summed E-state index contributed by atoms with van der Waals surface area (Å²) < 4.78 is 13.1. The minimum atomic E-state index is -0.528. The van der Waals surface area contributed by atoms with Crippen LogP contribution in [0.4, 0.5) is 10.1 Å². The number of benzene rings is 1. The maximum absolute atomic E-state index is 13.1. The Labute approximate surface area is 123 Å². The highest BCUT2D eigenvalue weighted by molar-refractivity contribution is 6.04. The van der Waals surface area contributed by atoms with Crippen LogP contribution in [0, 0.1) is 5.82 Å². The molecule has 110 valence electrons. The summed E-state index contributed by atoms with van der Waals surface area (Å²) in [6.45, 7) is 3.81. The molecule has 2 rings (SSSR count). The third-order valence-electron chi connectivity index (χ3n) is 2.91. The van der Waals surface area contributed by atoms with Gasteiger partial charge in [0.15, 0.2) is 0 Å². The van der Waals surface area contributed by atoms with Crippen molar-refractivity contribution in [2.24, 2.45) is 0 Å². The Balaban J connectivity index is 2.02. The highest BCUT2D eigenvalue weighted by Crippen LogP contribution is 2.12. The van der Waals surface area contributed by atoms with E-state index in [1.807, 2.05) is 18.2 Å². The van der Waals surface area contributed by atoms with E-state index < -0.39 is 5.82 Å². The Hall–Kier alpha value is -2.27. The van der Waals surface area contributed by atoms with Crippen molar-refractivity contribution in [2.45, 2.75) is 19.9 Å². The molecule has 0 fully saturated rings. The lowest BCUT2D eigenvalue weighted by Crippen LogP contribution is -2.15. The quantitative estimate of drug-likeness (QED) is 0.803. The SMILES string of the molecule is CCCNCc1cccc(NC(=O)c2cncc(F)c2)c1. The summed E-state index contributed by atoms with van der Waals surface area (Å²) in [7, 11) is 0. The summed E-state index contributed by atoms with van der Waals surface area (Å²) in [5.41, 5.74) is 1.96. The lowest BCUT2D eigenvalue weighted by molar-refractivity contribution is 0.102. The minimum absolute atomic E-state index is 0.199. The lowest BCUT2D eigenvalue weighted by Gasteiger charge is -2.08. The first-order chi connectivity index (χ1) is 10.2. The Morgan fingerprint density at radius 1 is 1.29 bits per heavy atom. The number of nitrogens with zero attached hydrogens (tertiary/aromatic N) is 1. The van der Waals surface area contributed by atoms with Gasteiger partial charge < -0.3 is 10.6 Å². The first-order valence-corrected chi connectivity index (χ1v) is 6.90. The second-order valence-corrected chi connectivity index (χ2v) is 4.72. The highest BCUT2D eigenvalue weighted by atomic mass is 19.1. The number of pyridine rings is 1. The second-order valence-electron chi connectivity index (χ2n) is 4.72. The molecule has 1 heterocycles. The molecule has 0 spiro atoms. The largest absolute Gasteiger partial charge is 0.322 e. The molecule has 2 N–H and O–H groups in total. The van der Waals surface area contributed by atoms with Gasteiger partial charge in [0, 0.05) is 18.4 Å². The van der Waals surface area contributed by atoms with E-state index in [0.717, 1.165) is 37.3 Å². The molecule has 0 saturated heterocycles. The summed E-state index contributed by atoms with van der Waals surface area (Å²) in [5.74, 6) is -0.902. The maximum atomic E-state index is 13.1. The van der Waals surface area contributed by atoms with E-state index in [4.69, 9.17) is 0 Å². The van der Waals surface area contributed by atoms with Crippen LogP contribution in [0.15, 0.2) is 42.7 Å². The van der Waals surface area contributed by atoms with Crippen LogP contribution in [0.1, 0.15) is 29.3 Å². The Kier molecular flexibility index (Phi) is 5.40. The van der Waals surface area contributed by atoms with Crippen molar-refractivity contribution in [3.8, 4) is 0 Å². The molecule has 0 atom stereocenters. The van der Waals surface area contributed by atoms with Crippen molar-refractivity contribution < 1.29 is 9.18 Å². The summed E-state index contributed by atoms with van der Waals surface area (Å²) in [4.78, 5) is 15.7. The van der Waals surface area contributed by atoms with Crippen LogP contribution in [0.25, 0.3) is 0 Å². The van der Waals surface area contributed by atoms with E-state index in [9.17, 15) is 9.18 Å². The number of anilines is 1. The van der Waals surface area contributed by atoms with E-state index in [-0.39, 0.29) is 11.5 Å². The van der Waals surface area contributed by atoms with Crippen LogP contribution >= 0.6 is 0 Å². The van der Waals surface area contributed by atoms with Crippen LogP contribution in [0.5, 0.6) is 0 Å². The zero-order chi connectivity index (χ0) is 15.1. The topological polar surface area (TPSA) is 54.0 Å². The van der Waals surface area contributed by atoms with Crippen molar-refractivity contribution in [2.75, 3.05) is 11.9 Å². The molecule has 0 aliphatic rings. The minimum Gasteiger partial charge on any atom is -0.322 e. The molecule has 0 aliphatic heterocycles. The molecule has 2 aromatic rings. The van der Waals surface area contributed by atoms with Gasteiger partial charge in [0.1, 0.15) is 5.82 Å². The fourth-order valence-electron chi connectivity index (χ4n) is 1.91. The third kappa shape index (κ3) is 4.65. The molecule has 21 heavy (non-hydrogen) atoms. The van der Waals surface area contributed by atoms with Gasteiger partial charge >= 0.3 is 0 Å². The number of hydrogen-bond donors (Lipinski definition) is 2. The molecule has 4 nitrogen and oxygen atoms in total. The van der Waals surface area contributed by atoms with Crippen molar-refractivity contribution in [1.82, 2.24) is 10.3 Å². The fraction of sp³-hybridized carbons (Fsp3) is 0.250. The smallest absolute Gasteiger partial charge is 0.257 e. The van der Waals surface area contributed by atoms with E-state index in [1.165, 1.54) is 6.20 Å². The van der Waals surface area contributed by atoms with Crippen molar-refractivity contribution in [1.29, 1.82) is 0 Å². The van der Waals surface area contributed by atoms with Crippen LogP contribution in [0.2, 0.25) is 0 Å². The number of halogens is 1. The summed E-state index contributed by atoms with van der Waals surface area (Å²) in [5, 5.41) is 6.04. The van der Waals surface area contributed by atoms with Gasteiger partial charge in [0.2, 0.25) is 0 Å². The van der Waals surface area contributed by atoms with Gasteiger partial charge in [-0.15, -0.1) is 0 Å². The predicted octanol–water partition coefficient (Wildman–Crippen LogP) is 2.97. The van der Waals surface area contributed by atoms with E-state index in [2.05, 4.69) is 22.5 Å². The molecule has 0 radical (unpaired) electrons. The molecule has 0 aliphatic carbocycles. The van der Waals surface area contributed by atoms with Crippen LogP contribution in [-0.2, 0) is 6.54 Å². The lowest BCUT2D eigenvalue weighted by atomic mass is 10.2. The molecular weight excluding hydrogens is 269 g/mol. The molecule has 0 saturated carbocycles. The number of carbonyl (C=O) groups excluding carboxylic acids is 1. The average Bonchev–Trinajstić information content (AvgIpc) is 2.48. The highest BCUT2D eigenvalue weighted by Gasteiger charge is 2.07. The molecule has 0 unspecified atom stereocenters. The standard InChI is InChI=1S/C16H18FN3O/c1-2-6-18-9-12-4-3-5-15(7-12)20-16(21)13-8-14(17)11-19-10-13/h3-5,7-8,10-11,18H,2,6,9H2,1H3,(H,20,21). The number of hydrogen-bond acceptors (Lipinski definition) is 3. The molecule has 0 bridgehead atoms. The second kappa shape index (κ2) is 7.50. The zero-order valence-corrected chi connectivity index (χ0v) is 11.9. The van der Waals surface area contributed by atoms with Gasteiger partial charge in [-0.25, -0.2) is 4.39 Å². The number of carbonyl (C=O) groups is 1. The van der Waals surface area contributed by atoms with Crippen molar-refractivity contribution in [3.05, 3.63) is 59.7 Å². The van der Waals surface area contributed by atoms with Crippen LogP contribution < -0.4 is 10.6 Å². The molecular formula is C16H18FN3O. The predicted molar refractivity (Wildman–Crippen MR) is 80.6 cm³/mol. The summed E-state index contributed by atoms with van der Waals surface area (Å²) in [6, 6.07) is 8.72. The number of aromatic nitrogens is 1. The fourth-order valence-corrected chi connectivity index (χ4v) is 1.91.